The molecule has 1 saturated carbocycles. The SMILES string of the molecule is CCNC(=O)OC(C)(C)C.NCCC1CCCCC1. The first-order valence-corrected chi connectivity index (χ1v) is 7.56. The maximum atomic E-state index is 10.7. The fraction of sp³-hybridized carbons (Fsp3) is 0.933. The van der Waals surface area contributed by atoms with Crippen LogP contribution in [0.1, 0.15) is 66.2 Å². The number of rotatable bonds is 3. The first-order chi connectivity index (χ1) is 8.89. The molecule has 3 N–H and O–H groups in total. The van der Waals surface area contributed by atoms with E-state index < -0.39 is 0 Å². The molecule has 0 heterocycles. The molecule has 0 aromatic carbocycles. The molecule has 1 amide bonds. The van der Waals surface area contributed by atoms with Crippen molar-refractivity contribution < 1.29 is 9.53 Å². The molecule has 1 aliphatic rings. The Morgan fingerprint density at radius 1 is 1.26 bits per heavy atom. The van der Waals surface area contributed by atoms with Crippen LogP contribution in [-0.2, 0) is 4.74 Å². The van der Waals surface area contributed by atoms with Gasteiger partial charge in [0, 0.05) is 6.54 Å². The van der Waals surface area contributed by atoms with Gasteiger partial charge < -0.3 is 15.8 Å². The van der Waals surface area contributed by atoms with Gasteiger partial charge in [-0.05, 0) is 46.6 Å². The molecule has 0 unspecified atom stereocenters. The largest absolute Gasteiger partial charge is 0.444 e. The van der Waals surface area contributed by atoms with Crippen molar-refractivity contribution in [2.24, 2.45) is 11.7 Å². The lowest BCUT2D eigenvalue weighted by atomic mass is 9.87. The molecule has 1 rings (SSSR count). The molecule has 114 valence electrons. The lowest BCUT2D eigenvalue weighted by molar-refractivity contribution is 0.0531. The van der Waals surface area contributed by atoms with Crippen LogP contribution < -0.4 is 11.1 Å². The van der Waals surface area contributed by atoms with Crippen LogP contribution >= 0.6 is 0 Å². The maximum absolute atomic E-state index is 10.7. The lowest BCUT2D eigenvalue weighted by Crippen LogP contribution is -2.32. The number of ether oxygens (including phenoxy) is 1. The molecule has 0 radical (unpaired) electrons. The zero-order valence-corrected chi connectivity index (χ0v) is 13.1. The normalized spacial score (nSPS) is 16.3. The third-order valence-corrected chi connectivity index (χ3v) is 3.02. The van der Waals surface area contributed by atoms with Gasteiger partial charge in [-0.15, -0.1) is 0 Å². The zero-order chi connectivity index (χ0) is 14.7. The summed E-state index contributed by atoms with van der Waals surface area (Å²) in [6.45, 7) is 8.86. The molecule has 4 nitrogen and oxygen atoms in total. The van der Waals surface area contributed by atoms with E-state index in [0.717, 1.165) is 12.5 Å². The summed E-state index contributed by atoms with van der Waals surface area (Å²) in [6.07, 6.45) is 8.15. The van der Waals surface area contributed by atoms with Crippen LogP contribution in [0.25, 0.3) is 0 Å². The lowest BCUT2D eigenvalue weighted by Gasteiger charge is -2.20. The predicted octanol–water partition coefficient (Wildman–Crippen LogP) is 3.45. The van der Waals surface area contributed by atoms with Crippen LogP contribution in [0, 0.1) is 5.92 Å². The first kappa shape index (κ1) is 18.2. The van der Waals surface area contributed by atoms with Crippen LogP contribution in [0.4, 0.5) is 4.79 Å². The summed E-state index contributed by atoms with van der Waals surface area (Å²) in [5.41, 5.74) is 5.07. The summed E-state index contributed by atoms with van der Waals surface area (Å²) in [5.74, 6) is 0.976. The Balaban J connectivity index is 0.000000342. The number of alkyl carbamates (subject to hydrolysis) is 1. The van der Waals surface area contributed by atoms with E-state index in [4.69, 9.17) is 10.5 Å². The summed E-state index contributed by atoms with van der Waals surface area (Å²) in [6, 6.07) is 0. The van der Waals surface area contributed by atoms with Crippen molar-refractivity contribution in [3.05, 3.63) is 0 Å². The third-order valence-electron chi connectivity index (χ3n) is 3.02. The highest BCUT2D eigenvalue weighted by molar-refractivity contribution is 5.67. The molecule has 1 aliphatic carbocycles. The Bertz CT molecular complexity index is 228. The minimum atomic E-state index is -0.390. The summed E-state index contributed by atoms with van der Waals surface area (Å²) >= 11 is 0. The van der Waals surface area contributed by atoms with Crippen LogP contribution in [0.2, 0.25) is 0 Å². The van der Waals surface area contributed by atoms with Crippen LogP contribution in [0.5, 0.6) is 0 Å². The number of amides is 1. The Kier molecular flexibility index (Phi) is 9.66. The van der Waals surface area contributed by atoms with Crippen LogP contribution in [0.3, 0.4) is 0 Å². The predicted molar refractivity (Wildman–Crippen MR) is 80.2 cm³/mol. The second kappa shape index (κ2) is 10.1. The number of hydrogen-bond donors (Lipinski definition) is 2. The third kappa shape index (κ3) is 12.0. The highest BCUT2D eigenvalue weighted by atomic mass is 16.6. The average molecular weight is 272 g/mol. The molecule has 0 atom stereocenters. The molecule has 0 aliphatic heterocycles. The standard InChI is InChI=1S/C8H17N.C7H15NO2/c9-7-6-8-4-2-1-3-5-8;1-5-8-6(9)10-7(2,3)4/h8H,1-7,9H2;5H2,1-4H3,(H,8,9). The Labute approximate surface area is 118 Å². The molecule has 0 spiro atoms. The molecule has 0 bridgehead atoms. The number of carbonyl (C=O) groups is 1. The van der Waals surface area contributed by atoms with Gasteiger partial charge in [-0.2, -0.15) is 0 Å². The molecular weight excluding hydrogens is 240 g/mol. The van der Waals surface area contributed by atoms with Crippen molar-refractivity contribution in [3.63, 3.8) is 0 Å². The average Bonchev–Trinajstić information content (AvgIpc) is 2.29. The Morgan fingerprint density at radius 2 is 1.84 bits per heavy atom. The van der Waals surface area contributed by atoms with Crippen LogP contribution in [0.15, 0.2) is 0 Å². The molecular formula is C15H32N2O2. The Hall–Kier alpha value is -0.770. The molecule has 1 fully saturated rings. The highest BCUT2D eigenvalue weighted by Gasteiger charge is 2.14. The molecule has 19 heavy (non-hydrogen) atoms. The van der Waals surface area contributed by atoms with Crippen LogP contribution in [-0.4, -0.2) is 24.8 Å². The number of carbonyl (C=O) groups excluding carboxylic acids is 1. The summed E-state index contributed by atoms with van der Waals surface area (Å²) in [7, 11) is 0. The van der Waals surface area contributed by atoms with E-state index in [1.807, 2.05) is 27.7 Å². The van der Waals surface area contributed by atoms with Gasteiger partial charge in [0.1, 0.15) is 5.60 Å². The van der Waals surface area contributed by atoms with Gasteiger partial charge in [0.25, 0.3) is 0 Å². The van der Waals surface area contributed by atoms with Crippen molar-refractivity contribution >= 4 is 6.09 Å². The van der Waals surface area contributed by atoms with E-state index >= 15 is 0 Å². The minimum absolute atomic E-state index is 0.352. The summed E-state index contributed by atoms with van der Waals surface area (Å²) in [5, 5.41) is 2.54. The fourth-order valence-corrected chi connectivity index (χ4v) is 2.17. The van der Waals surface area contributed by atoms with Gasteiger partial charge in [-0.3, -0.25) is 0 Å². The monoisotopic (exact) mass is 272 g/mol. The van der Waals surface area contributed by atoms with Gasteiger partial charge in [0.2, 0.25) is 0 Å². The summed E-state index contributed by atoms with van der Waals surface area (Å²) < 4.78 is 4.93. The topological polar surface area (TPSA) is 64.3 Å². The number of nitrogens with two attached hydrogens (primary N) is 1. The molecule has 0 aromatic rings. The second-order valence-corrected chi connectivity index (χ2v) is 6.11. The van der Waals surface area contributed by atoms with E-state index in [-0.39, 0.29) is 11.7 Å². The van der Waals surface area contributed by atoms with Crippen molar-refractivity contribution in [2.75, 3.05) is 13.1 Å². The first-order valence-electron chi connectivity index (χ1n) is 7.56. The number of nitrogens with one attached hydrogen (secondary N) is 1. The van der Waals surface area contributed by atoms with Crippen molar-refractivity contribution in [1.82, 2.24) is 5.32 Å². The van der Waals surface area contributed by atoms with Crippen molar-refractivity contribution in [1.29, 1.82) is 0 Å². The van der Waals surface area contributed by atoms with E-state index in [1.165, 1.54) is 38.5 Å². The molecule has 0 saturated heterocycles. The van der Waals surface area contributed by atoms with Gasteiger partial charge in [-0.25, -0.2) is 4.79 Å². The van der Waals surface area contributed by atoms with Crippen molar-refractivity contribution in [2.45, 2.75) is 71.8 Å². The quantitative estimate of drug-likeness (QED) is 0.827. The maximum Gasteiger partial charge on any atom is 0.407 e. The van der Waals surface area contributed by atoms with E-state index in [1.54, 1.807) is 0 Å². The van der Waals surface area contributed by atoms with E-state index in [0.29, 0.717) is 6.54 Å². The van der Waals surface area contributed by atoms with Crippen molar-refractivity contribution in [3.8, 4) is 0 Å². The zero-order valence-electron chi connectivity index (χ0n) is 13.1. The minimum Gasteiger partial charge on any atom is -0.444 e. The van der Waals surface area contributed by atoms with Gasteiger partial charge in [0.05, 0.1) is 0 Å². The second-order valence-electron chi connectivity index (χ2n) is 6.11. The number of hydrogen-bond acceptors (Lipinski definition) is 3. The van der Waals surface area contributed by atoms with Gasteiger partial charge in [0.15, 0.2) is 0 Å². The smallest absolute Gasteiger partial charge is 0.407 e. The fourth-order valence-electron chi connectivity index (χ4n) is 2.17. The Morgan fingerprint density at radius 3 is 2.26 bits per heavy atom. The highest BCUT2D eigenvalue weighted by Crippen LogP contribution is 2.25. The summed E-state index contributed by atoms with van der Waals surface area (Å²) in [4.78, 5) is 10.7. The van der Waals surface area contributed by atoms with E-state index in [9.17, 15) is 4.79 Å². The van der Waals surface area contributed by atoms with Gasteiger partial charge >= 0.3 is 6.09 Å². The van der Waals surface area contributed by atoms with Gasteiger partial charge in [-0.1, -0.05) is 32.1 Å². The van der Waals surface area contributed by atoms with E-state index in [2.05, 4.69) is 5.32 Å². The molecule has 4 heteroatoms. The molecule has 0 aromatic heterocycles.